The van der Waals surface area contributed by atoms with Crippen molar-refractivity contribution in [3.63, 3.8) is 0 Å². The van der Waals surface area contributed by atoms with E-state index in [9.17, 15) is 29.4 Å². The third kappa shape index (κ3) is 40.6. The Kier molecular flexibility index (Phi) is 42.8. The van der Waals surface area contributed by atoms with Gasteiger partial charge in [0.25, 0.3) is 0 Å². The summed E-state index contributed by atoms with van der Waals surface area (Å²) >= 11 is 0. The molecule has 0 saturated carbocycles. The SMILES string of the molecule is CCCCCCCCCCCC(CCCC(CC(=O)[O-])OC(C)=O)OCc1ccccc1.CCCCCCCCCCCC(CCCC(CC(=O)[O-])OC(C)=O)OCc1ccccc1.[Ba+2]. The fourth-order valence-corrected chi connectivity index (χ4v) is 7.96. The van der Waals surface area contributed by atoms with Gasteiger partial charge in [0, 0.05) is 38.6 Å². The molecule has 65 heavy (non-hydrogen) atoms. The van der Waals surface area contributed by atoms with E-state index in [2.05, 4.69) is 38.1 Å². The van der Waals surface area contributed by atoms with Gasteiger partial charge in [-0.25, -0.2) is 0 Å². The number of carbonyl (C=O) groups is 4. The minimum Gasteiger partial charge on any atom is -0.550 e. The Morgan fingerprint density at radius 2 is 0.692 bits per heavy atom. The zero-order valence-electron chi connectivity index (χ0n) is 41.1. The molecular formula is C54H86BaO10. The predicted octanol–water partition coefficient (Wildman–Crippen LogP) is 11.1. The smallest absolute Gasteiger partial charge is 0.550 e. The van der Waals surface area contributed by atoms with Crippen LogP contribution < -0.4 is 10.2 Å². The standard InChI is InChI=1S/2C27H44O5.Ba/c2*1-3-4-5-6-7-8-9-10-14-18-25(31-22-24-16-12-11-13-17-24)19-15-20-26(21-27(29)30)32-23(2)28;/h2*11-13,16-17,25-26H,3-10,14-15,18-22H2,1-2H3,(H,29,30);/q;;+2/p-2. The van der Waals surface area contributed by atoms with Crippen LogP contribution in [0.1, 0.15) is 219 Å². The van der Waals surface area contributed by atoms with E-state index in [1.807, 2.05) is 36.4 Å². The topological polar surface area (TPSA) is 151 Å². The summed E-state index contributed by atoms with van der Waals surface area (Å²) in [7, 11) is 0. The van der Waals surface area contributed by atoms with Crippen molar-refractivity contribution >= 4 is 72.8 Å². The summed E-state index contributed by atoms with van der Waals surface area (Å²) in [5.74, 6) is -3.30. The number of carboxylic acids is 2. The van der Waals surface area contributed by atoms with Gasteiger partial charge >= 0.3 is 60.8 Å². The molecule has 0 aromatic heterocycles. The van der Waals surface area contributed by atoms with Crippen molar-refractivity contribution < 1.29 is 48.3 Å². The molecule has 10 nitrogen and oxygen atoms in total. The Labute approximate surface area is 434 Å². The van der Waals surface area contributed by atoms with Gasteiger partial charge in [0.05, 0.1) is 25.4 Å². The zero-order chi connectivity index (χ0) is 46.9. The average molecular weight is 1030 g/mol. The van der Waals surface area contributed by atoms with Gasteiger partial charge in [0.2, 0.25) is 0 Å². The van der Waals surface area contributed by atoms with Crippen LogP contribution in [-0.2, 0) is 51.3 Å². The number of carbonyl (C=O) groups excluding carboxylic acids is 4. The summed E-state index contributed by atoms with van der Waals surface area (Å²) in [4.78, 5) is 44.3. The number of hydrogen-bond acceptors (Lipinski definition) is 10. The molecule has 0 aliphatic carbocycles. The van der Waals surface area contributed by atoms with Gasteiger partial charge in [-0.15, -0.1) is 0 Å². The van der Waals surface area contributed by atoms with E-state index in [0.717, 1.165) is 62.5 Å². The van der Waals surface area contributed by atoms with Gasteiger partial charge < -0.3 is 38.7 Å². The van der Waals surface area contributed by atoms with Crippen LogP contribution in [0.15, 0.2) is 60.7 Å². The molecule has 0 spiro atoms. The van der Waals surface area contributed by atoms with Gasteiger partial charge in [-0.2, -0.15) is 0 Å². The summed E-state index contributed by atoms with van der Waals surface area (Å²) < 4.78 is 22.7. The Hall–Kier alpha value is -2.19. The van der Waals surface area contributed by atoms with Crippen LogP contribution in [0, 0.1) is 0 Å². The van der Waals surface area contributed by atoms with E-state index in [4.69, 9.17) is 18.9 Å². The monoisotopic (exact) mass is 1030 g/mol. The van der Waals surface area contributed by atoms with Gasteiger partial charge in [-0.05, 0) is 62.5 Å². The number of rotatable bonds is 40. The van der Waals surface area contributed by atoms with E-state index in [-0.39, 0.29) is 73.9 Å². The first kappa shape index (κ1) is 62.8. The summed E-state index contributed by atoms with van der Waals surface area (Å²) in [6, 6.07) is 20.3. The fraction of sp³-hybridized carbons (Fsp3) is 0.704. The number of benzene rings is 2. The van der Waals surface area contributed by atoms with Crippen LogP contribution in [0.3, 0.4) is 0 Å². The molecule has 4 atom stereocenters. The first-order valence-corrected chi connectivity index (χ1v) is 25.1. The van der Waals surface area contributed by atoms with E-state index in [1.54, 1.807) is 0 Å². The predicted molar refractivity (Wildman–Crippen MR) is 258 cm³/mol. The summed E-state index contributed by atoms with van der Waals surface area (Å²) in [6.45, 7) is 8.26. The second-order valence-corrected chi connectivity index (χ2v) is 17.5. The van der Waals surface area contributed by atoms with Crippen LogP contribution in [0.25, 0.3) is 0 Å². The second-order valence-electron chi connectivity index (χ2n) is 17.5. The Balaban J connectivity index is 0.00000124. The molecule has 2 aromatic carbocycles. The maximum absolute atomic E-state index is 11.2. The fourth-order valence-electron chi connectivity index (χ4n) is 7.96. The second kappa shape index (κ2) is 44.3. The van der Waals surface area contributed by atoms with Gasteiger partial charge in [0.1, 0.15) is 12.2 Å². The molecule has 364 valence electrons. The quantitative estimate of drug-likeness (QED) is 0.0358. The Morgan fingerprint density at radius 3 is 0.985 bits per heavy atom. The first-order chi connectivity index (χ1) is 31.0. The van der Waals surface area contributed by atoms with Gasteiger partial charge in [-0.1, -0.05) is 190 Å². The number of ether oxygens (including phenoxy) is 4. The van der Waals surface area contributed by atoms with Crippen molar-refractivity contribution in [1.29, 1.82) is 0 Å². The average Bonchev–Trinajstić information content (AvgIpc) is 3.25. The minimum absolute atomic E-state index is 0. The number of aliphatic carboxylic acids is 2. The normalized spacial score (nSPS) is 12.7. The number of esters is 2. The summed E-state index contributed by atoms with van der Waals surface area (Å²) in [6.07, 6.45) is 27.9. The molecule has 0 radical (unpaired) electrons. The first-order valence-electron chi connectivity index (χ1n) is 25.1. The molecule has 2 aromatic rings. The van der Waals surface area contributed by atoms with Crippen LogP contribution in [0.4, 0.5) is 0 Å². The molecule has 0 amide bonds. The molecule has 4 unspecified atom stereocenters. The molecule has 11 heteroatoms. The molecule has 0 N–H and O–H groups in total. The Morgan fingerprint density at radius 1 is 0.415 bits per heavy atom. The van der Waals surface area contributed by atoms with Gasteiger partial charge in [-0.3, -0.25) is 9.59 Å². The molecule has 2 rings (SSSR count). The van der Waals surface area contributed by atoms with Crippen molar-refractivity contribution in [2.24, 2.45) is 0 Å². The molecule has 0 heterocycles. The van der Waals surface area contributed by atoms with Crippen LogP contribution >= 0.6 is 0 Å². The van der Waals surface area contributed by atoms with Crippen molar-refractivity contribution in [2.45, 2.75) is 245 Å². The van der Waals surface area contributed by atoms with Crippen LogP contribution in [0.2, 0.25) is 0 Å². The molecule has 0 fully saturated rings. The molecule has 0 aliphatic rings. The van der Waals surface area contributed by atoms with E-state index < -0.39 is 36.1 Å². The third-order valence-electron chi connectivity index (χ3n) is 11.5. The third-order valence-corrected chi connectivity index (χ3v) is 11.5. The maximum Gasteiger partial charge on any atom is 2.00 e. The van der Waals surface area contributed by atoms with E-state index >= 15 is 0 Å². The molecule has 0 bridgehead atoms. The Bertz CT molecular complexity index is 1290. The molecule has 0 saturated heterocycles. The minimum atomic E-state index is -1.19. The maximum atomic E-state index is 11.2. The van der Waals surface area contributed by atoms with Crippen LogP contribution in [-0.4, -0.2) is 97.2 Å². The zero-order valence-corrected chi connectivity index (χ0v) is 45.5. The van der Waals surface area contributed by atoms with Crippen molar-refractivity contribution in [2.75, 3.05) is 0 Å². The van der Waals surface area contributed by atoms with E-state index in [1.165, 1.54) is 117 Å². The number of unbranched alkanes of at least 4 members (excludes halogenated alkanes) is 16. The van der Waals surface area contributed by atoms with E-state index in [0.29, 0.717) is 26.1 Å². The summed E-state index contributed by atoms with van der Waals surface area (Å²) in [5.41, 5.74) is 2.30. The van der Waals surface area contributed by atoms with Gasteiger partial charge in [0.15, 0.2) is 0 Å². The van der Waals surface area contributed by atoms with Crippen molar-refractivity contribution in [1.82, 2.24) is 0 Å². The largest absolute Gasteiger partial charge is 2.00 e. The van der Waals surface area contributed by atoms with Crippen molar-refractivity contribution in [3.8, 4) is 0 Å². The summed E-state index contributed by atoms with van der Waals surface area (Å²) in [5, 5.41) is 21.8. The number of carboxylic acid groups (broad SMARTS) is 2. The number of hydrogen-bond donors (Lipinski definition) is 0. The molecule has 0 aliphatic heterocycles. The van der Waals surface area contributed by atoms with Crippen LogP contribution in [0.5, 0.6) is 0 Å². The van der Waals surface area contributed by atoms with Crippen molar-refractivity contribution in [3.05, 3.63) is 71.8 Å². The molecular weight excluding hydrogens is 946 g/mol.